The van der Waals surface area contributed by atoms with Gasteiger partial charge < -0.3 is 15.0 Å². The van der Waals surface area contributed by atoms with Crippen LogP contribution in [0, 0.1) is 5.82 Å². The normalized spacial score (nSPS) is 11.6. The number of hydrogen-bond acceptors (Lipinski definition) is 3. The number of unbranched alkanes of at least 4 members (excludes halogenated alkanes) is 1. The Morgan fingerprint density at radius 2 is 1.74 bits per heavy atom. The largest absolute Gasteiger partial charge is 0.494 e. The fraction of sp³-hybridized carbons (Fsp3) is 0.440. The summed E-state index contributed by atoms with van der Waals surface area (Å²) in [6.07, 6.45) is 3.20. The minimum absolute atomic E-state index is 0.113. The third-order valence-electron chi connectivity index (χ3n) is 5.03. The lowest BCUT2D eigenvalue weighted by Crippen LogP contribution is -2.49. The van der Waals surface area contributed by atoms with Crippen LogP contribution in [-0.2, 0) is 16.1 Å². The molecule has 1 atom stereocenters. The van der Waals surface area contributed by atoms with Gasteiger partial charge in [-0.25, -0.2) is 4.39 Å². The molecule has 0 fully saturated rings. The standard InChI is InChI=1S/C25H33FN2O3/c1-3-5-17-27-25(30)23(4-2)28(19-20-13-15-21(26)16-14-20)24(29)12-9-18-31-22-10-7-6-8-11-22/h6-8,10-11,13-16,23H,3-5,9,12,17-19H2,1-2H3,(H,27,30)/t23-/m0/s1. The summed E-state index contributed by atoms with van der Waals surface area (Å²) in [5.74, 6) is 0.175. The van der Waals surface area contributed by atoms with Crippen molar-refractivity contribution in [2.24, 2.45) is 0 Å². The van der Waals surface area contributed by atoms with Gasteiger partial charge in [0.2, 0.25) is 11.8 Å². The Hall–Kier alpha value is -2.89. The molecule has 5 nitrogen and oxygen atoms in total. The van der Waals surface area contributed by atoms with Gasteiger partial charge in [0.25, 0.3) is 0 Å². The summed E-state index contributed by atoms with van der Waals surface area (Å²) in [6.45, 7) is 5.23. The fourth-order valence-electron chi connectivity index (χ4n) is 3.29. The highest BCUT2D eigenvalue weighted by Crippen LogP contribution is 2.16. The average molecular weight is 429 g/mol. The highest BCUT2D eigenvalue weighted by Gasteiger charge is 2.28. The van der Waals surface area contributed by atoms with Crippen LogP contribution >= 0.6 is 0 Å². The number of carbonyl (C=O) groups is 2. The lowest BCUT2D eigenvalue weighted by molar-refractivity contribution is -0.141. The van der Waals surface area contributed by atoms with E-state index in [0.717, 1.165) is 24.2 Å². The van der Waals surface area contributed by atoms with E-state index in [4.69, 9.17) is 4.74 Å². The van der Waals surface area contributed by atoms with Crippen LogP contribution in [0.25, 0.3) is 0 Å². The van der Waals surface area contributed by atoms with Crippen LogP contribution in [-0.4, -0.2) is 35.9 Å². The Labute approximate surface area is 184 Å². The van der Waals surface area contributed by atoms with Gasteiger partial charge in [0.15, 0.2) is 0 Å². The first-order valence-corrected chi connectivity index (χ1v) is 11.0. The van der Waals surface area contributed by atoms with E-state index in [1.165, 1.54) is 12.1 Å². The van der Waals surface area contributed by atoms with E-state index in [2.05, 4.69) is 12.2 Å². The van der Waals surface area contributed by atoms with Gasteiger partial charge >= 0.3 is 0 Å². The molecule has 0 bridgehead atoms. The quantitative estimate of drug-likeness (QED) is 0.470. The Morgan fingerprint density at radius 3 is 2.39 bits per heavy atom. The van der Waals surface area contributed by atoms with Crippen LogP contribution < -0.4 is 10.1 Å². The molecule has 0 aromatic heterocycles. The van der Waals surface area contributed by atoms with Gasteiger partial charge in [0.1, 0.15) is 17.6 Å². The Balaban J connectivity index is 2.02. The summed E-state index contributed by atoms with van der Waals surface area (Å²) < 4.78 is 19.0. The van der Waals surface area contributed by atoms with E-state index in [1.54, 1.807) is 17.0 Å². The van der Waals surface area contributed by atoms with E-state index in [0.29, 0.717) is 26.0 Å². The number of halogens is 1. The molecular weight excluding hydrogens is 395 g/mol. The molecule has 2 amide bonds. The van der Waals surface area contributed by atoms with Crippen molar-refractivity contribution in [1.29, 1.82) is 0 Å². The number of benzene rings is 2. The molecule has 6 heteroatoms. The van der Waals surface area contributed by atoms with Crippen molar-refractivity contribution in [2.75, 3.05) is 13.2 Å². The molecule has 2 aromatic carbocycles. The number of para-hydroxylation sites is 1. The van der Waals surface area contributed by atoms with Crippen LogP contribution in [0.5, 0.6) is 5.75 Å². The van der Waals surface area contributed by atoms with E-state index < -0.39 is 6.04 Å². The molecule has 0 aliphatic rings. The lowest BCUT2D eigenvalue weighted by atomic mass is 10.1. The minimum atomic E-state index is -0.565. The number of ether oxygens (including phenoxy) is 1. The predicted molar refractivity (Wildman–Crippen MR) is 120 cm³/mol. The number of amides is 2. The first-order valence-electron chi connectivity index (χ1n) is 11.0. The zero-order valence-electron chi connectivity index (χ0n) is 18.5. The smallest absolute Gasteiger partial charge is 0.242 e. The average Bonchev–Trinajstić information content (AvgIpc) is 2.78. The minimum Gasteiger partial charge on any atom is -0.494 e. The van der Waals surface area contributed by atoms with Crippen LogP contribution in [0.1, 0.15) is 51.5 Å². The molecule has 0 radical (unpaired) electrons. The van der Waals surface area contributed by atoms with E-state index in [9.17, 15) is 14.0 Å². The zero-order valence-corrected chi connectivity index (χ0v) is 18.5. The summed E-state index contributed by atoms with van der Waals surface area (Å²) in [6, 6.07) is 14.9. The summed E-state index contributed by atoms with van der Waals surface area (Å²) in [7, 11) is 0. The van der Waals surface area contributed by atoms with Gasteiger partial charge in [0.05, 0.1) is 6.61 Å². The summed E-state index contributed by atoms with van der Waals surface area (Å²) in [5, 5.41) is 2.94. The second kappa shape index (κ2) is 13.4. The second-order valence-electron chi connectivity index (χ2n) is 7.48. The van der Waals surface area contributed by atoms with Crippen molar-refractivity contribution in [3.8, 4) is 5.75 Å². The predicted octanol–water partition coefficient (Wildman–Crippen LogP) is 4.71. The summed E-state index contributed by atoms with van der Waals surface area (Å²) in [4.78, 5) is 27.4. The number of hydrogen-bond donors (Lipinski definition) is 1. The van der Waals surface area contributed by atoms with Crippen molar-refractivity contribution in [3.63, 3.8) is 0 Å². The molecule has 2 aromatic rings. The van der Waals surface area contributed by atoms with Crippen LogP contribution in [0.15, 0.2) is 54.6 Å². The number of nitrogens with one attached hydrogen (secondary N) is 1. The summed E-state index contributed by atoms with van der Waals surface area (Å²) >= 11 is 0. The molecule has 0 unspecified atom stereocenters. The van der Waals surface area contributed by atoms with Crippen LogP contribution in [0.3, 0.4) is 0 Å². The van der Waals surface area contributed by atoms with Gasteiger partial charge in [-0.05, 0) is 49.1 Å². The Bertz CT molecular complexity index is 796. The maximum Gasteiger partial charge on any atom is 0.242 e. The van der Waals surface area contributed by atoms with Gasteiger partial charge in [-0.1, -0.05) is 50.6 Å². The molecule has 0 heterocycles. The summed E-state index contributed by atoms with van der Waals surface area (Å²) in [5.41, 5.74) is 0.787. The third-order valence-corrected chi connectivity index (χ3v) is 5.03. The fourth-order valence-corrected chi connectivity index (χ4v) is 3.29. The first-order chi connectivity index (χ1) is 15.0. The van der Waals surface area contributed by atoms with E-state index >= 15 is 0 Å². The van der Waals surface area contributed by atoms with E-state index in [1.807, 2.05) is 37.3 Å². The second-order valence-corrected chi connectivity index (χ2v) is 7.48. The van der Waals surface area contributed by atoms with Crippen LogP contribution in [0.2, 0.25) is 0 Å². The number of nitrogens with zero attached hydrogens (tertiary/aromatic N) is 1. The third kappa shape index (κ3) is 8.40. The molecular formula is C25H33FN2O3. The molecule has 0 aliphatic carbocycles. The van der Waals surface area contributed by atoms with Gasteiger partial charge in [-0.3, -0.25) is 9.59 Å². The molecule has 1 N–H and O–H groups in total. The SMILES string of the molecule is CCCCNC(=O)[C@H](CC)N(Cc1ccc(F)cc1)C(=O)CCCOc1ccccc1. The zero-order chi connectivity index (χ0) is 22.5. The molecule has 2 rings (SSSR count). The molecule has 0 aliphatic heterocycles. The maximum atomic E-state index is 13.3. The van der Waals surface area contributed by atoms with Crippen molar-refractivity contribution in [2.45, 2.75) is 58.5 Å². The molecule has 31 heavy (non-hydrogen) atoms. The van der Waals surface area contributed by atoms with Crippen LogP contribution in [0.4, 0.5) is 4.39 Å². The molecule has 168 valence electrons. The first kappa shape index (κ1) is 24.4. The van der Waals surface area contributed by atoms with Crippen molar-refractivity contribution in [1.82, 2.24) is 10.2 Å². The number of rotatable bonds is 13. The van der Waals surface area contributed by atoms with Crippen molar-refractivity contribution >= 4 is 11.8 Å². The van der Waals surface area contributed by atoms with E-state index in [-0.39, 0.29) is 30.6 Å². The van der Waals surface area contributed by atoms with Gasteiger partial charge in [-0.2, -0.15) is 0 Å². The lowest BCUT2D eigenvalue weighted by Gasteiger charge is -2.30. The Morgan fingerprint density at radius 1 is 1.03 bits per heavy atom. The van der Waals surface area contributed by atoms with Gasteiger partial charge in [0, 0.05) is 19.5 Å². The Kier molecular flexibility index (Phi) is 10.6. The monoisotopic (exact) mass is 428 g/mol. The molecule has 0 saturated carbocycles. The topological polar surface area (TPSA) is 58.6 Å². The van der Waals surface area contributed by atoms with Crippen molar-refractivity contribution < 1.29 is 18.7 Å². The van der Waals surface area contributed by atoms with Gasteiger partial charge in [-0.15, -0.1) is 0 Å². The maximum absolute atomic E-state index is 13.3. The molecule has 0 saturated heterocycles. The van der Waals surface area contributed by atoms with Crippen molar-refractivity contribution in [3.05, 3.63) is 66.0 Å². The highest BCUT2D eigenvalue weighted by atomic mass is 19.1. The highest BCUT2D eigenvalue weighted by molar-refractivity contribution is 5.87. The molecule has 0 spiro atoms. The number of carbonyl (C=O) groups excluding carboxylic acids is 2.